The molecule has 1 aliphatic heterocycles. The Bertz CT molecular complexity index is 293. The van der Waals surface area contributed by atoms with Gasteiger partial charge in [-0.1, -0.05) is 0 Å². The first-order valence-corrected chi connectivity index (χ1v) is 6.21. The fourth-order valence-electron chi connectivity index (χ4n) is 1.52. The first kappa shape index (κ1) is 14.9. The summed E-state index contributed by atoms with van der Waals surface area (Å²) in [5, 5.41) is 1.81. The number of hydrogen-bond donors (Lipinski definition) is 1. The third-order valence-electron chi connectivity index (χ3n) is 2.27. The van der Waals surface area contributed by atoms with Crippen LogP contribution in [0.1, 0.15) is 33.6 Å². The van der Waals surface area contributed by atoms with E-state index in [9.17, 15) is 9.59 Å². The van der Waals surface area contributed by atoms with E-state index in [0.29, 0.717) is 26.3 Å². The van der Waals surface area contributed by atoms with E-state index < -0.39 is 5.60 Å². The first-order valence-electron chi connectivity index (χ1n) is 6.21. The average Bonchev–Trinajstić information content (AvgIpc) is 2.25. The van der Waals surface area contributed by atoms with E-state index in [1.807, 2.05) is 0 Å². The Hall–Kier alpha value is -1.14. The zero-order valence-corrected chi connectivity index (χ0v) is 11.3. The summed E-state index contributed by atoms with van der Waals surface area (Å²) in [6, 6.07) is 0. The number of nitrogens with one attached hydrogen (secondary N) is 1. The topological polar surface area (TPSA) is 67.9 Å². The Morgan fingerprint density at radius 1 is 1.22 bits per heavy atom. The zero-order valence-electron chi connectivity index (χ0n) is 11.3. The van der Waals surface area contributed by atoms with Crippen molar-refractivity contribution in [2.45, 2.75) is 39.2 Å². The Kier molecular flexibility index (Phi) is 5.55. The fraction of sp³-hybridized carbons (Fsp3) is 0.833. The van der Waals surface area contributed by atoms with E-state index in [0.717, 1.165) is 0 Å². The average molecular weight is 258 g/mol. The lowest BCUT2D eigenvalue weighted by Crippen LogP contribution is -2.48. The number of carbonyl (C=O) groups is 2. The predicted octanol–water partition coefficient (Wildman–Crippen LogP) is 0.472. The van der Waals surface area contributed by atoms with E-state index in [2.05, 4.69) is 5.43 Å². The Labute approximate surface area is 108 Å². The molecule has 1 saturated heterocycles. The van der Waals surface area contributed by atoms with Crippen LogP contribution in [0.15, 0.2) is 0 Å². The monoisotopic (exact) mass is 258 g/mol. The van der Waals surface area contributed by atoms with Gasteiger partial charge < -0.3 is 9.47 Å². The van der Waals surface area contributed by atoms with Crippen LogP contribution in [0.4, 0.5) is 0 Å². The molecule has 0 aromatic heterocycles. The van der Waals surface area contributed by atoms with Crippen molar-refractivity contribution in [3.05, 3.63) is 0 Å². The third-order valence-corrected chi connectivity index (χ3v) is 2.27. The highest BCUT2D eigenvalue weighted by atomic mass is 16.6. The zero-order chi connectivity index (χ0) is 13.6. The van der Waals surface area contributed by atoms with Crippen molar-refractivity contribution in [3.63, 3.8) is 0 Å². The van der Waals surface area contributed by atoms with Gasteiger partial charge in [0.25, 0.3) is 0 Å². The maximum absolute atomic E-state index is 11.6. The maximum atomic E-state index is 11.6. The van der Waals surface area contributed by atoms with Crippen molar-refractivity contribution in [2.75, 3.05) is 26.3 Å². The van der Waals surface area contributed by atoms with Crippen LogP contribution in [0.3, 0.4) is 0 Å². The van der Waals surface area contributed by atoms with Gasteiger partial charge in [0.2, 0.25) is 5.91 Å². The molecule has 0 aromatic carbocycles. The van der Waals surface area contributed by atoms with E-state index in [1.54, 1.807) is 25.8 Å². The van der Waals surface area contributed by atoms with Crippen LogP contribution in [0.2, 0.25) is 0 Å². The second kappa shape index (κ2) is 6.70. The molecular weight excluding hydrogens is 236 g/mol. The molecule has 6 heteroatoms. The molecule has 0 aliphatic carbocycles. The van der Waals surface area contributed by atoms with E-state index in [4.69, 9.17) is 9.47 Å². The molecule has 1 fully saturated rings. The van der Waals surface area contributed by atoms with E-state index in [1.165, 1.54) is 0 Å². The van der Waals surface area contributed by atoms with Crippen molar-refractivity contribution in [1.29, 1.82) is 0 Å². The molecule has 0 unspecified atom stereocenters. The SMILES string of the molecule is CC(C)(C)OC(=O)CCC(=O)NN1CCOCC1. The number of hydrogen-bond acceptors (Lipinski definition) is 5. The minimum absolute atomic E-state index is 0.105. The van der Waals surface area contributed by atoms with Crippen LogP contribution in [-0.4, -0.2) is 48.8 Å². The number of morpholine rings is 1. The maximum Gasteiger partial charge on any atom is 0.306 e. The standard InChI is InChI=1S/C12H22N2O4/c1-12(2,3)18-11(16)5-4-10(15)13-14-6-8-17-9-7-14/h4-9H2,1-3H3,(H,13,15). The lowest BCUT2D eigenvalue weighted by molar-refractivity contribution is -0.156. The summed E-state index contributed by atoms with van der Waals surface area (Å²) in [4.78, 5) is 23.0. The Balaban J connectivity index is 2.18. The largest absolute Gasteiger partial charge is 0.460 e. The molecule has 0 saturated carbocycles. The van der Waals surface area contributed by atoms with Crippen LogP contribution in [0, 0.1) is 0 Å². The van der Waals surface area contributed by atoms with E-state index >= 15 is 0 Å². The highest BCUT2D eigenvalue weighted by molar-refractivity contribution is 5.81. The second-order valence-electron chi connectivity index (χ2n) is 5.22. The molecule has 0 bridgehead atoms. The summed E-state index contributed by atoms with van der Waals surface area (Å²) in [5.41, 5.74) is 2.24. The molecule has 104 valence electrons. The Morgan fingerprint density at radius 3 is 2.39 bits per heavy atom. The summed E-state index contributed by atoms with van der Waals surface area (Å²) in [5.74, 6) is -0.512. The molecule has 1 amide bonds. The number of ether oxygens (including phenoxy) is 2. The highest BCUT2D eigenvalue weighted by Gasteiger charge is 2.18. The van der Waals surface area contributed by atoms with Crippen LogP contribution in [-0.2, 0) is 19.1 Å². The van der Waals surface area contributed by atoms with Crippen molar-refractivity contribution >= 4 is 11.9 Å². The van der Waals surface area contributed by atoms with Crippen molar-refractivity contribution < 1.29 is 19.1 Å². The summed E-state index contributed by atoms with van der Waals surface area (Å²) in [6.45, 7) is 8.01. The smallest absolute Gasteiger partial charge is 0.306 e. The quantitative estimate of drug-likeness (QED) is 0.742. The fourth-order valence-corrected chi connectivity index (χ4v) is 1.52. The molecule has 1 heterocycles. The van der Waals surface area contributed by atoms with Gasteiger partial charge in [-0.15, -0.1) is 0 Å². The van der Waals surface area contributed by atoms with Crippen LogP contribution < -0.4 is 5.43 Å². The molecule has 1 N–H and O–H groups in total. The van der Waals surface area contributed by atoms with Gasteiger partial charge in [0.1, 0.15) is 5.60 Å². The summed E-state index contributed by atoms with van der Waals surface area (Å²) in [7, 11) is 0. The number of hydrazine groups is 1. The van der Waals surface area contributed by atoms with Gasteiger partial charge in [-0.3, -0.25) is 15.0 Å². The van der Waals surface area contributed by atoms with Crippen LogP contribution >= 0.6 is 0 Å². The number of nitrogens with zero attached hydrogens (tertiary/aromatic N) is 1. The minimum Gasteiger partial charge on any atom is -0.460 e. The molecule has 0 atom stereocenters. The normalized spacial score (nSPS) is 17.3. The van der Waals surface area contributed by atoms with Gasteiger partial charge in [-0.2, -0.15) is 0 Å². The van der Waals surface area contributed by atoms with Gasteiger partial charge in [0.05, 0.1) is 19.6 Å². The summed E-state index contributed by atoms with van der Waals surface area (Å²) in [6.07, 6.45) is 0.250. The van der Waals surface area contributed by atoms with Gasteiger partial charge >= 0.3 is 5.97 Å². The number of esters is 1. The van der Waals surface area contributed by atoms with Gasteiger partial charge in [0.15, 0.2) is 0 Å². The molecular formula is C12H22N2O4. The number of carbonyl (C=O) groups excluding carboxylic acids is 2. The third kappa shape index (κ3) is 6.56. The molecule has 1 rings (SSSR count). The van der Waals surface area contributed by atoms with Gasteiger partial charge in [-0.05, 0) is 20.8 Å². The molecule has 0 radical (unpaired) electrons. The Morgan fingerprint density at radius 2 is 1.83 bits per heavy atom. The van der Waals surface area contributed by atoms with Crippen molar-refractivity contribution in [3.8, 4) is 0 Å². The molecule has 18 heavy (non-hydrogen) atoms. The first-order chi connectivity index (χ1) is 8.37. The molecule has 1 aliphatic rings. The lowest BCUT2D eigenvalue weighted by Gasteiger charge is -2.27. The predicted molar refractivity (Wildman–Crippen MR) is 65.6 cm³/mol. The van der Waals surface area contributed by atoms with Gasteiger partial charge in [-0.25, -0.2) is 5.01 Å². The number of amides is 1. The van der Waals surface area contributed by atoms with Crippen molar-refractivity contribution in [2.24, 2.45) is 0 Å². The summed E-state index contributed by atoms with van der Waals surface area (Å²) < 4.78 is 10.3. The molecule has 0 aromatic rings. The van der Waals surface area contributed by atoms with Crippen LogP contribution in [0.5, 0.6) is 0 Å². The van der Waals surface area contributed by atoms with Crippen molar-refractivity contribution in [1.82, 2.24) is 10.4 Å². The highest BCUT2D eigenvalue weighted by Crippen LogP contribution is 2.09. The number of rotatable bonds is 4. The minimum atomic E-state index is -0.502. The lowest BCUT2D eigenvalue weighted by atomic mass is 10.2. The summed E-state index contributed by atoms with van der Waals surface area (Å²) >= 11 is 0. The second-order valence-corrected chi connectivity index (χ2v) is 5.22. The molecule has 0 spiro atoms. The molecule has 6 nitrogen and oxygen atoms in total. The van der Waals surface area contributed by atoms with Crippen LogP contribution in [0.25, 0.3) is 0 Å². The van der Waals surface area contributed by atoms with Gasteiger partial charge in [0, 0.05) is 19.5 Å². The van der Waals surface area contributed by atoms with E-state index in [-0.39, 0.29) is 24.7 Å².